The van der Waals surface area contributed by atoms with Crippen LogP contribution in [0.15, 0.2) is 36.7 Å². The van der Waals surface area contributed by atoms with Crippen LogP contribution in [-0.4, -0.2) is 21.1 Å². The van der Waals surface area contributed by atoms with E-state index < -0.39 is 0 Å². The van der Waals surface area contributed by atoms with Crippen molar-refractivity contribution < 1.29 is 9.18 Å². The van der Waals surface area contributed by atoms with E-state index in [-0.39, 0.29) is 18.3 Å². The maximum atomic E-state index is 12.6. The van der Waals surface area contributed by atoms with Crippen LogP contribution in [0.2, 0.25) is 0 Å². The average molecular weight is 246 g/mol. The predicted octanol–water partition coefficient (Wildman–Crippen LogP) is 1.27. The van der Waals surface area contributed by atoms with Gasteiger partial charge in [0.15, 0.2) is 0 Å². The van der Waals surface area contributed by atoms with Crippen molar-refractivity contribution in [1.82, 2.24) is 20.5 Å². The van der Waals surface area contributed by atoms with E-state index in [4.69, 9.17) is 0 Å². The first-order valence-electron chi connectivity index (χ1n) is 5.30. The molecule has 18 heavy (non-hydrogen) atoms. The lowest BCUT2D eigenvalue weighted by molar-refractivity contribution is -0.116. The Hall–Kier alpha value is -2.50. The maximum absolute atomic E-state index is 12.6. The number of H-pyrrole nitrogens is 1. The second kappa shape index (κ2) is 5.72. The number of aromatic amines is 1. The van der Waals surface area contributed by atoms with Crippen LogP contribution < -0.4 is 5.32 Å². The number of nitrogens with zero attached hydrogens (tertiary/aromatic N) is 2. The number of hydrogen-bond acceptors (Lipinski definition) is 3. The molecule has 2 aromatic rings. The van der Waals surface area contributed by atoms with Gasteiger partial charge >= 0.3 is 0 Å². The molecule has 5 nitrogen and oxygen atoms in total. The molecule has 2 N–H and O–H groups in total. The molecule has 6 heteroatoms. The van der Waals surface area contributed by atoms with E-state index in [0.717, 1.165) is 5.56 Å². The lowest BCUT2D eigenvalue weighted by Gasteiger charge is -1.98. The lowest BCUT2D eigenvalue weighted by Crippen LogP contribution is -2.20. The number of amides is 1. The molecule has 1 amide bonds. The van der Waals surface area contributed by atoms with E-state index in [0.29, 0.717) is 5.82 Å². The number of hydrogen-bond donors (Lipinski definition) is 2. The van der Waals surface area contributed by atoms with E-state index in [2.05, 4.69) is 20.5 Å². The van der Waals surface area contributed by atoms with Crippen molar-refractivity contribution in [2.45, 2.75) is 6.54 Å². The minimum absolute atomic E-state index is 0.254. The van der Waals surface area contributed by atoms with Crippen molar-refractivity contribution in [3.8, 4) is 0 Å². The summed E-state index contributed by atoms with van der Waals surface area (Å²) in [6.07, 6.45) is 4.36. The first-order valence-corrected chi connectivity index (χ1v) is 5.30. The highest BCUT2D eigenvalue weighted by molar-refractivity contribution is 5.91. The zero-order valence-corrected chi connectivity index (χ0v) is 9.43. The highest BCUT2D eigenvalue weighted by Gasteiger charge is 1.98. The average Bonchev–Trinajstić information content (AvgIpc) is 2.89. The fourth-order valence-corrected chi connectivity index (χ4v) is 1.29. The molecule has 0 spiro atoms. The van der Waals surface area contributed by atoms with Crippen LogP contribution in [0.1, 0.15) is 11.4 Å². The van der Waals surface area contributed by atoms with Crippen LogP contribution in [-0.2, 0) is 11.3 Å². The van der Waals surface area contributed by atoms with E-state index >= 15 is 0 Å². The molecule has 1 aromatic heterocycles. The number of benzene rings is 1. The fraction of sp³-hybridized carbons (Fsp3) is 0.0833. The Morgan fingerprint density at radius 1 is 1.39 bits per heavy atom. The van der Waals surface area contributed by atoms with Gasteiger partial charge in [-0.2, -0.15) is 5.10 Å². The van der Waals surface area contributed by atoms with Crippen molar-refractivity contribution in [3.05, 3.63) is 53.9 Å². The molecule has 0 fully saturated rings. The van der Waals surface area contributed by atoms with Gasteiger partial charge in [0.2, 0.25) is 5.91 Å². The number of nitrogens with one attached hydrogen (secondary N) is 2. The van der Waals surface area contributed by atoms with Gasteiger partial charge in [-0.25, -0.2) is 9.37 Å². The summed E-state index contributed by atoms with van der Waals surface area (Å²) in [5.74, 6) is 0.0242. The number of carbonyl (C=O) groups is 1. The molecular formula is C12H11FN4O. The Morgan fingerprint density at radius 2 is 2.17 bits per heavy atom. The second-order valence-corrected chi connectivity index (χ2v) is 3.53. The maximum Gasteiger partial charge on any atom is 0.244 e. The van der Waals surface area contributed by atoms with Gasteiger partial charge in [0.1, 0.15) is 18.0 Å². The number of carbonyl (C=O) groups excluding carboxylic acids is 1. The van der Waals surface area contributed by atoms with Crippen LogP contribution in [0, 0.1) is 5.82 Å². The van der Waals surface area contributed by atoms with Crippen molar-refractivity contribution in [3.63, 3.8) is 0 Å². The number of aromatic nitrogens is 3. The Kier molecular flexibility index (Phi) is 3.80. The van der Waals surface area contributed by atoms with E-state index in [9.17, 15) is 9.18 Å². The highest BCUT2D eigenvalue weighted by atomic mass is 19.1. The Balaban J connectivity index is 1.85. The van der Waals surface area contributed by atoms with Gasteiger partial charge in [0.25, 0.3) is 0 Å². The smallest absolute Gasteiger partial charge is 0.244 e. The zero-order chi connectivity index (χ0) is 12.8. The SMILES string of the molecule is O=C(/C=C/c1ccc(F)cc1)NCc1ncn[nH]1. The molecule has 1 heterocycles. The summed E-state index contributed by atoms with van der Waals surface area (Å²) in [5.41, 5.74) is 0.756. The van der Waals surface area contributed by atoms with Crippen molar-refractivity contribution in [2.75, 3.05) is 0 Å². The molecule has 1 aromatic carbocycles. The molecule has 0 atom stereocenters. The molecule has 0 bridgehead atoms. The molecule has 0 aliphatic rings. The fourth-order valence-electron chi connectivity index (χ4n) is 1.29. The van der Waals surface area contributed by atoms with Gasteiger partial charge in [-0.05, 0) is 23.8 Å². The van der Waals surface area contributed by atoms with Gasteiger partial charge in [-0.15, -0.1) is 0 Å². The van der Waals surface area contributed by atoms with E-state index in [1.165, 1.54) is 24.5 Å². The topological polar surface area (TPSA) is 70.7 Å². The summed E-state index contributed by atoms with van der Waals surface area (Å²) in [6, 6.07) is 5.86. The van der Waals surface area contributed by atoms with E-state index in [1.807, 2.05) is 0 Å². The third-order valence-corrected chi connectivity index (χ3v) is 2.19. The van der Waals surface area contributed by atoms with Gasteiger partial charge in [-0.3, -0.25) is 9.89 Å². The minimum Gasteiger partial charge on any atom is -0.345 e. The molecule has 0 aliphatic heterocycles. The van der Waals surface area contributed by atoms with Gasteiger partial charge < -0.3 is 5.32 Å². The molecule has 0 aliphatic carbocycles. The van der Waals surface area contributed by atoms with Crippen LogP contribution in [0.3, 0.4) is 0 Å². The summed E-state index contributed by atoms with van der Waals surface area (Å²) in [4.78, 5) is 15.3. The Bertz CT molecular complexity index is 534. The third kappa shape index (κ3) is 3.51. The first kappa shape index (κ1) is 12.0. The normalized spacial score (nSPS) is 10.7. The van der Waals surface area contributed by atoms with Gasteiger partial charge in [0, 0.05) is 6.08 Å². The monoisotopic (exact) mass is 246 g/mol. The van der Waals surface area contributed by atoms with Gasteiger partial charge in [-0.1, -0.05) is 12.1 Å². The summed E-state index contributed by atoms with van der Waals surface area (Å²) in [5, 5.41) is 8.93. The zero-order valence-electron chi connectivity index (χ0n) is 9.43. The summed E-state index contributed by atoms with van der Waals surface area (Å²) < 4.78 is 12.6. The molecule has 92 valence electrons. The predicted molar refractivity (Wildman–Crippen MR) is 63.7 cm³/mol. The van der Waals surface area contributed by atoms with Crippen molar-refractivity contribution >= 4 is 12.0 Å². The molecule has 0 saturated carbocycles. The van der Waals surface area contributed by atoms with Crippen molar-refractivity contribution in [2.24, 2.45) is 0 Å². The lowest BCUT2D eigenvalue weighted by atomic mass is 10.2. The number of halogens is 1. The molecule has 0 unspecified atom stereocenters. The quantitative estimate of drug-likeness (QED) is 0.798. The minimum atomic E-state index is -0.304. The summed E-state index contributed by atoms with van der Waals surface area (Å²) >= 11 is 0. The van der Waals surface area contributed by atoms with Crippen LogP contribution >= 0.6 is 0 Å². The Morgan fingerprint density at radius 3 is 2.83 bits per heavy atom. The molecule has 0 saturated heterocycles. The molecular weight excluding hydrogens is 235 g/mol. The van der Waals surface area contributed by atoms with Crippen LogP contribution in [0.4, 0.5) is 4.39 Å². The Labute approximate surface area is 103 Å². The largest absolute Gasteiger partial charge is 0.345 e. The highest BCUT2D eigenvalue weighted by Crippen LogP contribution is 2.04. The summed E-state index contributed by atoms with van der Waals surface area (Å²) in [6.45, 7) is 0.284. The second-order valence-electron chi connectivity index (χ2n) is 3.53. The van der Waals surface area contributed by atoms with E-state index in [1.54, 1.807) is 18.2 Å². The van der Waals surface area contributed by atoms with Crippen molar-refractivity contribution in [1.29, 1.82) is 0 Å². The van der Waals surface area contributed by atoms with Gasteiger partial charge in [0.05, 0.1) is 6.54 Å². The molecule has 2 rings (SSSR count). The number of rotatable bonds is 4. The van der Waals surface area contributed by atoms with Crippen LogP contribution in [0.25, 0.3) is 6.08 Å². The standard InChI is InChI=1S/C12H11FN4O/c13-10-4-1-9(2-5-10)3-6-12(18)14-7-11-15-8-16-17-11/h1-6,8H,7H2,(H,14,18)(H,15,16,17)/b6-3+. The summed E-state index contributed by atoms with van der Waals surface area (Å²) in [7, 11) is 0. The molecule has 0 radical (unpaired) electrons. The third-order valence-electron chi connectivity index (χ3n) is 2.19. The first-order chi connectivity index (χ1) is 8.74. The van der Waals surface area contributed by atoms with Crippen LogP contribution in [0.5, 0.6) is 0 Å².